The maximum absolute atomic E-state index is 12.2. The third-order valence-electron chi connectivity index (χ3n) is 4.17. The summed E-state index contributed by atoms with van der Waals surface area (Å²) in [6.07, 6.45) is 5.19. The van der Waals surface area contributed by atoms with E-state index >= 15 is 0 Å². The van der Waals surface area contributed by atoms with E-state index in [0.29, 0.717) is 6.04 Å². The van der Waals surface area contributed by atoms with E-state index in [0.717, 1.165) is 11.6 Å². The maximum Gasteiger partial charge on any atom is 0.282 e. The lowest BCUT2D eigenvalue weighted by atomic mass is 9.85. The zero-order valence-electron chi connectivity index (χ0n) is 11.9. The molecule has 3 heteroatoms. The Morgan fingerprint density at radius 3 is 2.63 bits per heavy atom. The molecule has 0 saturated heterocycles. The summed E-state index contributed by atoms with van der Waals surface area (Å²) in [6.45, 7) is 4.31. The lowest BCUT2D eigenvalue weighted by Gasteiger charge is -2.28. The molecule has 104 valence electrons. The summed E-state index contributed by atoms with van der Waals surface area (Å²) in [5.74, 6) is 0.824. The maximum atomic E-state index is 12.2. The van der Waals surface area contributed by atoms with E-state index in [1.54, 1.807) is 0 Å². The second-order valence-electron chi connectivity index (χ2n) is 5.76. The average Bonchev–Trinajstić information content (AvgIpc) is 2.42. The number of carbonyl (C=O) groups is 1. The van der Waals surface area contributed by atoms with Gasteiger partial charge in [0.1, 0.15) is 0 Å². The van der Waals surface area contributed by atoms with Crippen molar-refractivity contribution in [2.24, 2.45) is 5.92 Å². The van der Waals surface area contributed by atoms with Crippen LogP contribution in [0.4, 0.5) is 5.69 Å². The first-order valence-corrected chi connectivity index (χ1v) is 7.37. The number of para-hydroxylation sites is 1. The van der Waals surface area contributed by atoms with Gasteiger partial charge < -0.3 is 10.6 Å². The van der Waals surface area contributed by atoms with Gasteiger partial charge in [0.25, 0.3) is 5.91 Å². The van der Waals surface area contributed by atoms with Gasteiger partial charge in [-0.15, -0.1) is 0 Å². The summed E-state index contributed by atoms with van der Waals surface area (Å²) < 4.78 is 0. The highest BCUT2D eigenvalue weighted by Gasteiger charge is 2.28. The number of hydrogen-bond donors (Lipinski definition) is 2. The predicted octanol–water partition coefficient (Wildman–Crippen LogP) is 2.16. The number of rotatable bonds is 4. The molecule has 1 aliphatic rings. The van der Waals surface area contributed by atoms with E-state index in [9.17, 15) is 4.79 Å². The van der Waals surface area contributed by atoms with Gasteiger partial charge in [-0.2, -0.15) is 0 Å². The van der Waals surface area contributed by atoms with Gasteiger partial charge in [-0.3, -0.25) is 4.79 Å². The van der Waals surface area contributed by atoms with E-state index in [-0.39, 0.29) is 11.9 Å². The number of anilines is 1. The molecule has 0 radical (unpaired) electrons. The van der Waals surface area contributed by atoms with Crippen LogP contribution in [-0.4, -0.2) is 18.0 Å². The quantitative estimate of drug-likeness (QED) is 0.857. The van der Waals surface area contributed by atoms with Gasteiger partial charge in [-0.1, -0.05) is 31.5 Å². The number of amides is 1. The fourth-order valence-corrected chi connectivity index (χ4v) is 2.87. The van der Waals surface area contributed by atoms with Crippen molar-refractivity contribution in [1.82, 2.24) is 0 Å². The second-order valence-corrected chi connectivity index (χ2v) is 5.76. The smallest absolute Gasteiger partial charge is 0.282 e. The number of nitrogens with two attached hydrogens (primary N) is 1. The summed E-state index contributed by atoms with van der Waals surface area (Å²) in [5, 5.41) is 5.23. The summed E-state index contributed by atoms with van der Waals surface area (Å²) >= 11 is 0. The second kappa shape index (κ2) is 6.71. The molecule has 2 rings (SSSR count). The van der Waals surface area contributed by atoms with Crippen LogP contribution in [0.1, 0.15) is 39.5 Å². The highest BCUT2D eigenvalue weighted by molar-refractivity contribution is 5.93. The van der Waals surface area contributed by atoms with Crippen LogP contribution in [0.3, 0.4) is 0 Å². The fourth-order valence-electron chi connectivity index (χ4n) is 2.87. The lowest BCUT2D eigenvalue weighted by molar-refractivity contribution is -0.714. The van der Waals surface area contributed by atoms with E-state index in [1.165, 1.54) is 25.7 Å². The minimum Gasteiger partial charge on any atom is -0.334 e. The molecule has 3 N–H and O–H groups in total. The van der Waals surface area contributed by atoms with Gasteiger partial charge in [-0.25, -0.2) is 0 Å². The van der Waals surface area contributed by atoms with E-state index < -0.39 is 0 Å². The van der Waals surface area contributed by atoms with Crippen LogP contribution in [0, 0.1) is 5.92 Å². The van der Waals surface area contributed by atoms with Crippen LogP contribution in [0.25, 0.3) is 0 Å². The Kier molecular flexibility index (Phi) is 4.97. The number of quaternary nitrogens is 1. The highest BCUT2D eigenvalue weighted by atomic mass is 16.2. The molecule has 3 atom stereocenters. The van der Waals surface area contributed by atoms with Crippen molar-refractivity contribution in [2.75, 3.05) is 5.32 Å². The summed E-state index contributed by atoms with van der Waals surface area (Å²) in [7, 11) is 0. The largest absolute Gasteiger partial charge is 0.334 e. The highest BCUT2D eigenvalue weighted by Crippen LogP contribution is 2.21. The number of hydrogen-bond acceptors (Lipinski definition) is 1. The number of benzene rings is 1. The summed E-state index contributed by atoms with van der Waals surface area (Å²) in [5.41, 5.74) is 0.879. The minimum atomic E-state index is -0.0224. The molecule has 1 aromatic rings. The number of nitrogens with one attached hydrogen (secondary N) is 1. The molecule has 1 amide bonds. The normalized spacial score (nSPS) is 24.7. The van der Waals surface area contributed by atoms with E-state index in [2.05, 4.69) is 17.6 Å². The first-order chi connectivity index (χ1) is 9.16. The molecule has 0 aromatic heterocycles. The van der Waals surface area contributed by atoms with Gasteiger partial charge >= 0.3 is 0 Å². The predicted molar refractivity (Wildman–Crippen MR) is 77.9 cm³/mol. The molecule has 0 aliphatic heterocycles. The zero-order chi connectivity index (χ0) is 13.7. The number of carbonyl (C=O) groups excluding carboxylic acids is 1. The van der Waals surface area contributed by atoms with Crippen LogP contribution in [0.15, 0.2) is 30.3 Å². The summed E-state index contributed by atoms with van der Waals surface area (Å²) in [6, 6.07) is 10.3. The first kappa shape index (κ1) is 14.1. The standard InChI is InChI=1S/C16H24N2O/c1-12-8-6-7-11-15(12)17-13(2)16(19)18-14-9-4-3-5-10-14/h3-5,9-10,12-13,15,17H,6-8,11H2,1-2H3,(H,18,19)/p+1/t12-,13-,15-/m0/s1. The molecular weight excluding hydrogens is 236 g/mol. The Bertz CT molecular complexity index is 404. The van der Waals surface area contributed by atoms with Crippen molar-refractivity contribution in [3.8, 4) is 0 Å². The Labute approximate surface area is 115 Å². The third-order valence-corrected chi connectivity index (χ3v) is 4.17. The molecule has 0 spiro atoms. The monoisotopic (exact) mass is 261 g/mol. The molecule has 0 bridgehead atoms. The molecule has 1 saturated carbocycles. The van der Waals surface area contributed by atoms with Crippen molar-refractivity contribution in [3.05, 3.63) is 30.3 Å². The topological polar surface area (TPSA) is 45.7 Å². The van der Waals surface area contributed by atoms with Crippen LogP contribution in [-0.2, 0) is 4.79 Å². The molecule has 3 nitrogen and oxygen atoms in total. The summed E-state index contributed by atoms with van der Waals surface area (Å²) in [4.78, 5) is 12.2. The van der Waals surface area contributed by atoms with E-state index in [1.807, 2.05) is 37.3 Å². The lowest BCUT2D eigenvalue weighted by Crippen LogP contribution is -2.97. The van der Waals surface area contributed by atoms with Crippen LogP contribution >= 0.6 is 0 Å². The van der Waals surface area contributed by atoms with E-state index in [4.69, 9.17) is 0 Å². The van der Waals surface area contributed by atoms with Gasteiger partial charge in [0.2, 0.25) is 0 Å². The molecule has 0 unspecified atom stereocenters. The Balaban J connectivity index is 1.85. The van der Waals surface area contributed by atoms with Crippen molar-refractivity contribution in [1.29, 1.82) is 0 Å². The van der Waals surface area contributed by atoms with Gasteiger partial charge in [0.05, 0.1) is 6.04 Å². The molecule has 19 heavy (non-hydrogen) atoms. The Morgan fingerprint density at radius 2 is 1.95 bits per heavy atom. The van der Waals surface area contributed by atoms with Crippen molar-refractivity contribution < 1.29 is 10.1 Å². The van der Waals surface area contributed by atoms with Gasteiger partial charge in [0, 0.05) is 11.6 Å². The zero-order valence-corrected chi connectivity index (χ0v) is 11.9. The van der Waals surface area contributed by atoms with Crippen molar-refractivity contribution in [2.45, 2.75) is 51.6 Å². The van der Waals surface area contributed by atoms with Crippen LogP contribution < -0.4 is 10.6 Å². The third kappa shape index (κ3) is 4.06. The average molecular weight is 261 g/mol. The van der Waals surface area contributed by atoms with Gasteiger partial charge in [-0.05, 0) is 38.3 Å². The molecular formula is C16H25N2O+. The van der Waals surface area contributed by atoms with Crippen LogP contribution in [0.2, 0.25) is 0 Å². The van der Waals surface area contributed by atoms with Crippen LogP contribution in [0.5, 0.6) is 0 Å². The molecule has 1 aliphatic carbocycles. The minimum absolute atomic E-state index is 0.0224. The van der Waals surface area contributed by atoms with Crippen molar-refractivity contribution in [3.63, 3.8) is 0 Å². The molecule has 0 heterocycles. The molecule has 1 aromatic carbocycles. The Morgan fingerprint density at radius 1 is 1.26 bits per heavy atom. The molecule has 1 fully saturated rings. The first-order valence-electron chi connectivity index (χ1n) is 7.37. The van der Waals surface area contributed by atoms with Gasteiger partial charge in [0.15, 0.2) is 6.04 Å². The Hall–Kier alpha value is -1.35. The SMILES string of the molecule is C[C@H]([NH2+][C@H]1CCCC[C@@H]1C)C(=O)Nc1ccccc1. The fraction of sp³-hybridized carbons (Fsp3) is 0.562. The van der Waals surface area contributed by atoms with Crippen molar-refractivity contribution >= 4 is 11.6 Å².